The summed E-state index contributed by atoms with van der Waals surface area (Å²) in [4.78, 5) is 0. The Labute approximate surface area is 78.2 Å². The molecular weight excluding hydrogens is 193 g/mol. The molecule has 3 fully saturated rings. The quantitative estimate of drug-likeness (QED) is 0.589. The lowest BCUT2D eigenvalue weighted by Crippen LogP contribution is -2.64. The number of nitrogens with zero attached hydrogens (tertiary/aromatic N) is 1. The van der Waals surface area contributed by atoms with Crippen molar-refractivity contribution in [3.05, 3.63) is 0 Å². The Bertz CT molecular complexity index is 306. The molecule has 3 saturated heterocycles. The van der Waals surface area contributed by atoms with Crippen molar-refractivity contribution in [1.29, 1.82) is 0 Å². The van der Waals surface area contributed by atoms with Crippen LogP contribution in [0.5, 0.6) is 0 Å². The van der Waals surface area contributed by atoms with E-state index in [1.165, 1.54) is 6.26 Å². The van der Waals surface area contributed by atoms with Crippen LogP contribution in [-0.4, -0.2) is 44.4 Å². The van der Waals surface area contributed by atoms with Crippen molar-refractivity contribution in [2.45, 2.75) is 19.0 Å². The summed E-state index contributed by atoms with van der Waals surface area (Å²) < 4.78 is 36.4. The first-order chi connectivity index (χ1) is 5.95. The zero-order valence-electron chi connectivity index (χ0n) is 7.74. The van der Waals surface area contributed by atoms with Crippen molar-refractivity contribution < 1.29 is 16.7 Å². The molecule has 3 heterocycles. The van der Waals surface area contributed by atoms with E-state index in [0.29, 0.717) is 13.1 Å². The van der Waals surface area contributed by atoms with Crippen LogP contribution in [0.15, 0.2) is 0 Å². The van der Waals surface area contributed by atoms with Gasteiger partial charge < -0.3 is 0 Å². The molecule has 0 amide bonds. The molecule has 3 aliphatic heterocycles. The summed E-state index contributed by atoms with van der Waals surface area (Å²) in [5.41, 5.74) is 0. The normalized spacial score (nSPS) is 45.1. The lowest BCUT2D eigenvalue weighted by Gasteiger charge is -2.47. The van der Waals surface area contributed by atoms with Gasteiger partial charge in [0.1, 0.15) is 6.54 Å². The summed E-state index contributed by atoms with van der Waals surface area (Å²) >= 11 is 0. The molecule has 76 valence electrons. The second kappa shape index (κ2) is 2.67. The molecule has 1 unspecified atom stereocenters. The fourth-order valence-corrected chi connectivity index (χ4v) is 3.82. The summed E-state index contributed by atoms with van der Waals surface area (Å²) in [6, 6.07) is 0. The third-order valence-electron chi connectivity index (χ3n) is 3.54. The number of alkyl halides is 1. The third kappa shape index (κ3) is 1.29. The van der Waals surface area contributed by atoms with E-state index in [9.17, 15) is 12.8 Å². The molecular formula is C8H15FNO2S+. The maximum Gasteiger partial charge on any atom is 0.294 e. The van der Waals surface area contributed by atoms with Gasteiger partial charge in [0, 0.05) is 18.8 Å². The van der Waals surface area contributed by atoms with Crippen LogP contribution in [0.25, 0.3) is 0 Å². The van der Waals surface area contributed by atoms with Crippen molar-refractivity contribution in [2.24, 2.45) is 5.92 Å². The first-order valence-electron chi connectivity index (χ1n) is 4.65. The first kappa shape index (κ1) is 9.40. The highest BCUT2D eigenvalue weighted by atomic mass is 32.2. The maximum atomic E-state index is 13.4. The summed E-state index contributed by atoms with van der Waals surface area (Å²) in [7, 11) is -3.14. The van der Waals surface area contributed by atoms with E-state index in [1.54, 1.807) is 0 Å². The fourth-order valence-electron chi connectivity index (χ4n) is 2.54. The Morgan fingerprint density at radius 3 is 2.15 bits per heavy atom. The number of piperidine rings is 3. The zero-order valence-corrected chi connectivity index (χ0v) is 8.56. The Hall–Kier alpha value is -0.160. The number of sulfonamides is 1. The van der Waals surface area contributed by atoms with E-state index >= 15 is 0 Å². The van der Waals surface area contributed by atoms with Crippen LogP contribution in [0.4, 0.5) is 4.39 Å². The van der Waals surface area contributed by atoms with E-state index in [-0.39, 0.29) is 16.4 Å². The summed E-state index contributed by atoms with van der Waals surface area (Å²) in [5.74, 6) is 0.127. The van der Waals surface area contributed by atoms with E-state index in [4.69, 9.17) is 0 Å². The number of fused-ring (bicyclic) bond motifs is 3. The van der Waals surface area contributed by atoms with Gasteiger partial charge in [-0.1, -0.05) is 0 Å². The van der Waals surface area contributed by atoms with Crippen LogP contribution in [0.1, 0.15) is 12.8 Å². The second-order valence-corrected chi connectivity index (χ2v) is 6.51. The van der Waals surface area contributed by atoms with Crippen LogP contribution >= 0.6 is 0 Å². The molecule has 0 spiro atoms. The van der Waals surface area contributed by atoms with Gasteiger partial charge in [-0.05, 0) is 0 Å². The Morgan fingerprint density at radius 1 is 1.31 bits per heavy atom. The molecule has 0 saturated carbocycles. The topological polar surface area (TPSA) is 34.1 Å². The number of hydrogen-bond acceptors (Lipinski definition) is 2. The minimum absolute atomic E-state index is 0.00926. The second-order valence-electron chi connectivity index (χ2n) is 4.27. The van der Waals surface area contributed by atoms with Crippen molar-refractivity contribution in [1.82, 2.24) is 0 Å². The van der Waals surface area contributed by atoms with Crippen molar-refractivity contribution in [3.63, 3.8) is 0 Å². The smallest absolute Gasteiger partial charge is 0.241 e. The van der Waals surface area contributed by atoms with Crippen LogP contribution in [0.2, 0.25) is 0 Å². The number of rotatable bonds is 1. The monoisotopic (exact) mass is 208 g/mol. The molecule has 0 N–H and O–H groups in total. The molecule has 0 aliphatic carbocycles. The van der Waals surface area contributed by atoms with Crippen LogP contribution in [-0.2, 0) is 10.0 Å². The van der Waals surface area contributed by atoms with Crippen LogP contribution in [0.3, 0.4) is 0 Å². The molecule has 13 heavy (non-hydrogen) atoms. The van der Waals surface area contributed by atoms with Gasteiger partial charge in [-0.15, -0.1) is 0 Å². The lowest BCUT2D eigenvalue weighted by atomic mass is 9.87. The van der Waals surface area contributed by atoms with E-state index in [0.717, 1.165) is 12.8 Å². The summed E-state index contributed by atoms with van der Waals surface area (Å²) in [6.07, 6.45) is 1.78. The van der Waals surface area contributed by atoms with Gasteiger partial charge in [0.05, 0.1) is 19.3 Å². The largest absolute Gasteiger partial charge is 0.294 e. The molecule has 3 aliphatic rings. The molecule has 0 aromatic carbocycles. The molecule has 1 atom stereocenters. The van der Waals surface area contributed by atoms with Crippen LogP contribution in [0, 0.1) is 5.92 Å². The van der Waals surface area contributed by atoms with Crippen molar-refractivity contribution in [2.75, 3.05) is 25.9 Å². The Kier molecular flexibility index (Phi) is 1.93. The maximum absolute atomic E-state index is 13.4. The number of quaternary nitrogens is 1. The number of halogens is 1. The van der Waals surface area contributed by atoms with Gasteiger partial charge in [0.2, 0.25) is 0 Å². The zero-order chi connectivity index (χ0) is 9.69. The van der Waals surface area contributed by atoms with Crippen molar-refractivity contribution >= 4 is 10.0 Å². The highest BCUT2D eigenvalue weighted by molar-refractivity contribution is 7.85. The minimum atomic E-state index is -3.14. The van der Waals surface area contributed by atoms with Gasteiger partial charge in [0.25, 0.3) is 10.0 Å². The molecule has 3 nitrogen and oxygen atoms in total. The SMILES string of the molecule is CS(=O)(=O)[N+]12CCC(CC1)C(F)C2. The lowest BCUT2D eigenvalue weighted by molar-refractivity contribution is -0.828. The highest BCUT2D eigenvalue weighted by Gasteiger charge is 2.51. The Balaban J connectivity index is 2.33. The van der Waals surface area contributed by atoms with E-state index in [2.05, 4.69) is 0 Å². The van der Waals surface area contributed by atoms with Gasteiger partial charge in [-0.3, -0.25) is 0 Å². The molecule has 0 aromatic heterocycles. The van der Waals surface area contributed by atoms with Gasteiger partial charge in [-0.25, -0.2) is 8.28 Å². The predicted octanol–water partition coefficient (Wildman–Crippen LogP) is 0.524. The van der Waals surface area contributed by atoms with Crippen LogP contribution < -0.4 is 0 Å². The van der Waals surface area contributed by atoms with Gasteiger partial charge in [0.15, 0.2) is 6.17 Å². The summed E-state index contributed by atoms with van der Waals surface area (Å²) in [6.45, 7) is 1.41. The number of hydrogen-bond donors (Lipinski definition) is 0. The molecule has 2 bridgehead atoms. The minimum Gasteiger partial charge on any atom is -0.241 e. The third-order valence-corrected chi connectivity index (χ3v) is 5.46. The average Bonchev–Trinajstić information content (AvgIpc) is 2.04. The van der Waals surface area contributed by atoms with Gasteiger partial charge in [-0.2, -0.15) is 8.42 Å². The summed E-state index contributed by atoms with van der Waals surface area (Å²) in [5, 5.41) is 0. The molecule has 0 aromatic rings. The fraction of sp³-hybridized carbons (Fsp3) is 1.00. The molecule has 3 rings (SSSR count). The highest BCUT2D eigenvalue weighted by Crippen LogP contribution is 2.37. The van der Waals surface area contributed by atoms with E-state index < -0.39 is 16.2 Å². The standard InChI is InChI=1S/C8H15FNO2S/c1-13(11,12)10-4-2-7(3-5-10)8(9)6-10/h7-8H,2-6H2,1H3/q+1. The predicted molar refractivity (Wildman–Crippen MR) is 47.3 cm³/mol. The average molecular weight is 208 g/mol. The molecule has 0 radical (unpaired) electrons. The van der Waals surface area contributed by atoms with Crippen molar-refractivity contribution in [3.8, 4) is 0 Å². The van der Waals surface area contributed by atoms with E-state index in [1.807, 2.05) is 0 Å². The molecule has 5 heteroatoms. The first-order valence-corrected chi connectivity index (χ1v) is 6.50. The van der Waals surface area contributed by atoms with Gasteiger partial charge >= 0.3 is 0 Å². The Morgan fingerprint density at radius 2 is 1.85 bits per heavy atom.